The van der Waals surface area contributed by atoms with Gasteiger partial charge in [0, 0.05) is 32.3 Å². The molecule has 0 radical (unpaired) electrons. The molecule has 0 bridgehead atoms. The minimum Gasteiger partial charge on any atom is -0.374 e. The SMILES string of the molecule is CCNc1cc(N2CC3CCCC3C2)nc(COCC)n1. The third-order valence-corrected chi connectivity index (χ3v) is 4.60. The van der Waals surface area contributed by atoms with E-state index < -0.39 is 0 Å². The van der Waals surface area contributed by atoms with Gasteiger partial charge in [0.2, 0.25) is 0 Å². The van der Waals surface area contributed by atoms with Crippen molar-refractivity contribution in [2.24, 2.45) is 11.8 Å². The Bertz CT molecular complexity index is 467. The lowest BCUT2D eigenvalue weighted by atomic mass is 10.0. The van der Waals surface area contributed by atoms with Crippen LogP contribution >= 0.6 is 0 Å². The van der Waals surface area contributed by atoms with Gasteiger partial charge in [-0.3, -0.25) is 0 Å². The number of anilines is 2. The van der Waals surface area contributed by atoms with Crippen LogP contribution in [-0.4, -0.2) is 36.2 Å². The molecule has 5 heteroatoms. The Labute approximate surface area is 127 Å². The van der Waals surface area contributed by atoms with E-state index in [9.17, 15) is 0 Å². The highest BCUT2D eigenvalue weighted by Crippen LogP contribution is 2.39. The molecule has 0 spiro atoms. The number of nitrogens with zero attached hydrogens (tertiary/aromatic N) is 3. The fourth-order valence-corrected chi connectivity index (χ4v) is 3.60. The Morgan fingerprint density at radius 3 is 2.67 bits per heavy atom. The molecule has 1 aliphatic heterocycles. The molecule has 2 fully saturated rings. The quantitative estimate of drug-likeness (QED) is 0.873. The second-order valence-electron chi connectivity index (χ2n) is 6.05. The Morgan fingerprint density at radius 1 is 1.24 bits per heavy atom. The summed E-state index contributed by atoms with van der Waals surface area (Å²) >= 11 is 0. The average Bonchev–Trinajstić information content (AvgIpc) is 3.06. The van der Waals surface area contributed by atoms with Crippen LogP contribution in [0.2, 0.25) is 0 Å². The van der Waals surface area contributed by atoms with Gasteiger partial charge in [-0.15, -0.1) is 0 Å². The van der Waals surface area contributed by atoms with E-state index in [-0.39, 0.29) is 0 Å². The molecule has 1 saturated heterocycles. The molecule has 116 valence electrons. The molecule has 1 N–H and O–H groups in total. The normalized spacial score (nSPS) is 24.4. The molecule has 21 heavy (non-hydrogen) atoms. The van der Waals surface area contributed by atoms with Crippen molar-refractivity contribution in [1.29, 1.82) is 0 Å². The molecule has 1 aromatic rings. The largest absolute Gasteiger partial charge is 0.374 e. The first-order valence-corrected chi connectivity index (χ1v) is 8.24. The standard InChI is InChI=1S/C16H26N4O/c1-3-17-14-8-16(19-15(18-14)11-21-4-2)20-9-12-6-5-7-13(12)10-20/h8,12-13H,3-7,9-11H2,1-2H3,(H,17,18,19). The summed E-state index contributed by atoms with van der Waals surface area (Å²) in [5.41, 5.74) is 0. The summed E-state index contributed by atoms with van der Waals surface area (Å²) in [6.45, 7) is 8.45. The van der Waals surface area contributed by atoms with E-state index in [0.717, 1.165) is 48.9 Å². The zero-order chi connectivity index (χ0) is 14.7. The van der Waals surface area contributed by atoms with Gasteiger partial charge in [0.25, 0.3) is 0 Å². The van der Waals surface area contributed by atoms with Crippen LogP contribution in [0.15, 0.2) is 6.07 Å². The third-order valence-electron chi connectivity index (χ3n) is 4.60. The van der Waals surface area contributed by atoms with E-state index in [1.807, 2.05) is 6.92 Å². The summed E-state index contributed by atoms with van der Waals surface area (Å²) in [5, 5.41) is 3.31. The van der Waals surface area contributed by atoms with Crippen molar-refractivity contribution in [1.82, 2.24) is 9.97 Å². The maximum absolute atomic E-state index is 5.47. The van der Waals surface area contributed by atoms with Gasteiger partial charge in [-0.1, -0.05) is 6.42 Å². The summed E-state index contributed by atoms with van der Waals surface area (Å²) < 4.78 is 5.47. The average molecular weight is 290 g/mol. The number of fused-ring (bicyclic) bond motifs is 1. The van der Waals surface area contributed by atoms with E-state index in [1.54, 1.807) is 0 Å². The van der Waals surface area contributed by atoms with Gasteiger partial charge in [0.15, 0.2) is 5.82 Å². The van der Waals surface area contributed by atoms with Crippen LogP contribution in [0.25, 0.3) is 0 Å². The number of aromatic nitrogens is 2. The Morgan fingerprint density at radius 2 is 2.00 bits per heavy atom. The van der Waals surface area contributed by atoms with Crippen LogP contribution in [0.5, 0.6) is 0 Å². The summed E-state index contributed by atoms with van der Waals surface area (Å²) in [6.07, 6.45) is 4.18. The second-order valence-corrected chi connectivity index (χ2v) is 6.05. The third kappa shape index (κ3) is 3.28. The van der Waals surface area contributed by atoms with Crippen LogP contribution in [0.3, 0.4) is 0 Å². The molecule has 1 aromatic heterocycles. The molecule has 0 amide bonds. The van der Waals surface area contributed by atoms with Crippen molar-refractivity contribution in [2.75, 3.05) is 36.5 Å². The minimum absolute atomic E-state index is 0.490. The first kappa shape index (κ1) is 14.6. The first-order valence-electron chi connectivity index (χ1n) is 8.24. The lowest BCUT2D eigenvalue weighted by Crippen LogP contribution is -2.23. The van der Waals surface area contributed by atoms with Crippen molar-refractivity contribution >= 4 is 11.6 Å². The number of ether oxygens (including phenoxy) is 1. The minimum atomic E-state index is 0.490. The molecule has 3 rings (SSSR count). The molecule has 2 heterocycles. The van der Waals surface area contributed by atoms with E-state index in [0.29, 0.717) is 13.2 Å². The van der Waals surface area contributed by atoms with Gasteiger partial charge < -0.3 is 15.0 Å². The summed E-state index contributed by atoms with van der Waals surface area (Å²) in [4.78, 5) is 11.7. The topological polar surface area (TPSA) is 50.3 Å². The Balaban J connectivity index is 1.78. The second kappa shape index (κ2) is 6.60. The molecular weight excluding hydrogens is 264 g/mol. The van der Waals surface area contributed by atoms with Gasteiger partial charge in [-0.2, -0.15) is 0 Å². The summed E-state index contributed by atoms with van der Waals surface area (Å²) in [5.74, 6) is 4.50. The first-order chi connectivity index (χ1) is 10.3. The lowest BCUT2D eigenvalue weighted by molar-refractivity contribution is 0.128. The van der Waals surface area contributed by atoms with Crippen molar-refractivity contribution in [3.8, 4) is 0 Å². The van der Waals surface area contributed by atoms with E-state index in [2.05, 4.69) is 28.2 Å². The van der Waals surface area contributed by atoms with Gasteiger partial charge in [0.05, 0.1) is 0 Å². The zero-order valence-electron chi connectivity index (χ0n) is 13.1. The molecule has 0 aromatic carbocycles. The summed E-state index contributed by atoms with van der Waals surface area (Å²) in [6, 6.07) is 2.08. The summed E-state index contributed by atoms with van der Waals surface area (Å²) in [7, 11) is 0. The van der Waals surface area contributed by atoms with E-state index in [1.165, 1.54) is 19.3 Å². The van der Waals surface area contributed by atoms with Gasteiger partial charge in [0.1, 0.15) is 18.2 Å². The van der Waals surface area contributed by atoms with Gasteiger partial charge >= 0.3 is 0 Å². The van der Waals surface area contributed by atoms with E-state index in [4.69, 9.17) is 9.72 Å². The van der Waals surface area contributed by atoms with Crippen molar-refractivity contribution in [3.05, 3.63) is 11.9 Å². The highest BCUT2D eigenvalue weighted by Gasteiger charge is 2.36. The molecule has 5 nitrogen and oxygen atoms in total. The Hall–Kier alpha value is -1.36. The number of rotatable bonds is 6. The molecule has 2 aliphatic rings. The van der Waals surface area contributed by atoms with Crippen molar-refractivity contribution in [2.45, 2.75) is 39.7 Å². The molecule has 2 atom stereocenters. The maximum Gasteiger partial charge on any atom is 0.158 e. The molecule has 1 saturated carbocycles. The van der Waals surface area contributed by atoms with Crippen LogP contribution in [0, 0.1) is 11.8 Å². The van der Waals surface area contributed by atoms with Crippen molar-refractivity contribution in [3.63, 3.8) is 0 Å². The monoisotopic (exact) mass is 290 g/mol. The predicted octanol–water partition coefficient (Wildman–Crippen LogP) is 2.68. The van der Waals surface area contributed by atoms with Crippen LogP contribution in [0.1, 0.15) is 38.9 Å². The molecular formula is C16H26N4O. The van der Waals surface area contributed by atoms with Crippen LogP contribution in [-0.2, 0) is 11.3 Å². The van der Waals surface area contributed by atoms with E-state index >= 15 is 0 Å². The fourth-order valence-electron chi connectivity index (χ4n) is 3.60. The van der Waals surface area contributed by atoms with Crippen LogP contribution < -0.4 is 10.2 Å². The predicted molar refractivity (Wildman–Crippen MR) is 84.6 cm³/mol. The van der Waals surface area contributed by atoms with Crippen molar-refractivity contribution < 1.29 is 4.74 Å². The number of hydrogen-bond donors (Lipinski definition) is 1. The maximum atomic E-state index is 5.47. The zero-order valence-corrected chi connectivity index (χ0v) is 13.1. The van der Waals surface area contributed by atoms with Gasteiger partial charge in [-0.05, 0) is 38.5 Å². The van der Waals surface area contributed by atoms with Gasteiger partial charge in [-0.25, -0.2) is 9.97 Å². The smallest absolute Gasteiger partial charge is 0.158 e. The Kier molecular flexibility index (Phi) is 4.58. The number of nitrogens with one attached hydrogen (secondary N) is 1. The highest BCUT2D eigenvalue weighted by molar-refractivity contribution is 5.50. The molecule has 1 aliphatic carbocycles. The lowest BCUT2D eigenvalue weighted by Gasteiger charge is -2.20. The molecule has 2 unspecified atom stereocenters. The number of hydrogen-bond acceptors (Lipinski definition) is 5. The van der Waals surface area contributed by atoms with Crippen LogP contribution in [0.4, 0.5) is 11.6 Å². The fraction of sp³-hybridized carbons (Fsp3) is 0.750. The highest BCUT2D eigenvalue weighted by atomic mass is 16.5.